The number of aromatic nitrogens is 1. The molecule has 2 aromatic carbocycles. The van der Waals surface area contributed by atoms with E-state index in [1.54, 1.807) is 6.07 Å². The molecular formula is C25H25N3O2S. The number of benzene rings is 2. The number of hydrogen-bond acceptors (Lipinski definition) is 4. The van der Waals surface area contributed by atoms with Gasteiger partial charge in [0.15, 0.2) is 5.13 Å². The second kappa shape index (κ2) is 8.63. The first-order valence-electron chi connectivity index (χ1n) is 10.9. The number of likely N-dealkylation sites (tertiary alicyclic amines) is 1. The Hall–Kier alpha value is -2.99. The summed E-state index contributed by atoms with van der Waals surface area (Å²) in [5.74, 6) is 0.00767. The van der Waals surface area contributed by atoms with Crippen LogP contribution in [0.4, 0.5) is 5.13 Å². The van der Waals surface area contributed by atoms with Crippen molar-refractivity contribution in [3.8, 4) is 11.3 Å². The molecule has 1 N–H and O–H groups in total. The van der Waals surface area contributed by atoms with E-state index in [0.29, 0.717) is 23.7 Å². The predicted octanol–water partition coefficient (Wildman–Crippen LogP) is 5.06. The van der Waals surface area contributed by atoms with Crippen LogP contribution in [0, 0.1) is 0 Å². The minimum Gasteiger partial charge on any atom is -0.338 e. The van der Waals surface area contributed by atoms with Crippen LogP contribution in [0.25, 0.3) is 11.3 Å². The number of carbonyl (C=O) groups is 2. The molecule has 0 atom stereocenters. The molecule has 158 valence electrons. The average Bonchev–Trinajstić information content (AvgIpc) is 3.43. The van der Waals surface area contributed by atoms with Crippen LogP contribution in [-0.2, 0) is 24.2 Å². The average molecular weight is 432 g/mol. The number of fused-ring (bicyclic) bond motifs is 1. The van der Waals surface area contributed by atoms with Gasteiger partial charge in [-0.2, -0.15) is 0 Å². The lowest BCUT2D eigenvalue weighted by Crippen LogP contribution is -2.24. The number of carbonyl (C=O) groups excluding carboxylic acids is 2. The second-order valence-corrected chi connectivity index (χ2v) is 9.16. The zero-order valence-corrected chi connectivity index (χ0v) is 18.2. The highest BCUT2D eigenvalue weighted by atomic mass is 32.1. The predicted molar refractivity (Wildman–Crippen MR) is 123 cm³/mol. The van der Waals surface area contributed by atoms with Crippen LogP contribution in [-0.4, -0.2) is 28.2 Å². The van der Waals surface area contributed by atoms with Crippen LogP contribution >= 0.6 is 11.3 Å². The summed E-state index contributed by atoms with van der Waals surface area (Å²) in [6.07, 6.45) is 6.36. The van der Waals surface area contributed by atoms with E-state index in [0.717, 1.165) is 36.2 Å². The van der Waals surface area contributed by atoms with Gasteiger partial charge in [-0.25, -0.2) is 4.98 Å². The van der Waals surface area contributed by atoms with E-state index in [1.807, 2.05) is 28.5 Å². The fourth-order valence-electron chi connectivity index (χ4n) is 4.43. The molecule has 0 spiro atoms. The molecule has 1 saturated heterocycles. The minimum atomic E-state index is -0.180. The highest BCUT2D eigenvalue weighted by Gasteiger charge is 2.20. The lowest BCUT2D eigenvalue weighted by molar-refractivity contribution is -0.128. The summed E-state index contributed by atoms with van der Waals surface area (Å²) in [7, 11) is 0. The first-order chi connectivity index (χ1) is 15.2. The molecule has 1 aliphatic carbocycles. The lowest BCUT2D eigenvalue weighted by atomic mass is 9.90. The van der Waals surface area contributed by atoms with Crippen molar-refractivity contribution in [1.29, 1.82) is 0 Å². The van der Waals surface area contributed by atoms with Crippen molar-refractivity contribution in [1.82, 2.24) is 9.88 Å². The monoisotopic (exact) mass is 431 g/mol. The molecule has 1 aromatic heterocycles. The number of rotatable bonds is 5. The number of thiazole rings is 1. The molecule has 1 aliphatic heterocycles. The van der Waals surface area contributed by atoms with Gasteiger partial charge >= 0.3 is 0 Å². The van der Waals surface area contributed by atoms with E-state index in [2.05, 4.69) is 28.5 Å². The molecule has 0 bridgehead atoms. The van der Waals surface area contributed by atoms with E-state index in [4.69, 9.17) is 0 Å². The Morgan fingerprint density at radius 1 is 1.03 bits per heavy atom. The molecule has 5 nitrogen and oxygen atoms in total. The molecule has 0 radical (unpaired) electrons. The maximum atomic E-state index is 12.8. The van der Waals surface area contributed by atoms with Crippen LogP contribution < -0.4 is 5.32 Å². The van der Waals surface area contributed by atoms with Crippen LogP contribution in [0.5, 0.6) is 0 Å². The number of nitrogens with zero attached hydrogens (tertiary/aromatic N) is 2. The molecule has 5 rings (SSSR count). The molecule has 3 aromatic rings. The van der Waals surface area contributed by atoms with Gasteiger partial charge in [0.25, 0.3) is 5.91 Å². The van der Waals surface area contributed by atoms with Gasteiger partial charge in [-0.3, -0.25) is 14.9 Å². The topological polar surface area (TPSA) is 62.3 Å². The maximum absolute atomic E-state index is 12.8. The Labute approximate surface area is 186 Å². The van der Waals surface area contributed by atoms with E-state index >= 15 is 0 Å². The number of hydrogen-bond donors (Lipinski definition) is 1. The molecule has 1 fully saturated rings. The molecule has 2 aliphatic rings. The summed E-state index contributed by atoms with van der Waals surface area (Å²) in [5, 5.41) is 5.52. The normalized spacial score (nSPS) is 15.7. The third-order valence-corrected chi connectivity index (χ3v) is 6.86. The Kier molecular flexibility index (Phi) is 5.55. The third kappa shape index (κ3) is 4.39. The van der Waals surface area contributed by atoms with Crippen molar-refractivity contribution in [3.05, 3.63) is 70.1 Å². The third-order valence-electron chi connectivity index (χ3n) is 6.10. The molecule has 2 heterocycles. The lowest BCUT2D eigenvalue weighted by Gasteiger charge is -2.16. The van der Waals surface area contributed by atoms with Crippen LogP contribution in [0.15, 0.2) is 47.8 Å². The highest BCUT2D eigenvalue weighted by molar-refractivity contribution is 7.14. The van der Waals surface area contributed by atoms with Gasteiger partial charge in [0.05, 0.1) is 5.69 Å². The summed E-state index contributed by atoms with van der Waals surface area (Å²) >= 11 is 1.44. The zero-order valence-electron chi connectivity index (χ0n) is 17.4. The second-order valence-electron chi connectivity index (χ2n) is 8.30. The molecular weight excluding hydrogens is 406 g/mol. The minimum absolute atomic E-state index is 0.180. The van der Waals surface area contributed by atoms with Gasteiger partial charge in [0, 0.05) is 36.0 Å². The molecule has 6 heteroatoms. The SMILES string of the molecule is O=C(Nc1nc(-c2ccc3c(c2)CCCC3)cs1)c1cccc(CN2CCCC2=O)c1. The standard InChI is InChI=1S/C25H25N3O2S/c29-23-9-4-12-28(23)15-17-5-3-8-21(13-17)24(30)27-25-26-22(16-31-25)20-11-10-18-6-1-2-7-19(18)14-20/h3,5,8,10-11,13-14,16H,1-2,4,6-7,9,12,15H2,(H,26,27,30). The summed E-state index contributed by atoms with van der Waals surface area (Å²) in [6, 6.07) is 14.1. The van der Waals surface area contributed by atoms with Crippen molar-refractivity contribution in [2.75, 3.05) is 11.9 Å². The van der Waals surface area contributed by atoms with Crippen LogP contribution in [0.1, 0.15) is 52.7 Å². The van der Waals surface area contributed by atoms with Crippen molar-refractivity contribution in [2.45, 2.75) is 45.1 Å². The Morgan fingerprint density at radius 3 is 2.74 bits per heavy atom. The largest absolute Gasteiger partial charge is 0.338 e. The van der Waals surface area contributed by atoms with Gasteiger partial charge < -0.3 is 4.90 Å². The summed E-state index contributed by atoms with van der Waals surface area (Å²) in [5.41, 5.74) is 6.43. The highest BCUT2D eigenvalue weighted by Crippen LogP contribution is 2.30. The summed E-state index contributed by atoms with van der Waals surface area (Å²) in [4.78, 5) is 31.2. The maximum Gasteiger partial charge on any atom is 0.257 e. The fraction of sp³-hybridized carbons (Fsp3) is 0.320. The molecule has 2 amide bonds. The first-order valence-corrected chi connectivity index (χ1v) is 11.8. The van der Waals surface area contributed by atoms with Crippen LogP contribution in [0.2, 0.25) is 0 Å². The summed E-state index contributed by atoms with van der Waals surface area (Å²) < 4.78 is 0. The Balaban J connectivity index is 1.28. The van der Waals surface area contributed by atoms with Gasteiger partial charge in [-0.15, -0.1) is 11.3 Å². The van der Waals surface area contributed by atoms with E-state index in [1.165, 1.54) is 41.7 Å². The number of anilines is 1. The molecule has 0 saturated carbocycles. The van der Waals surface area contributed by atoms with Crippen molar-refractivity contribution < 1.29 is 9.59 Å². The van der Waals surface area contributed by atoms with Gasteiger partial charge in [0.2, 0.25) is 5.91 Å². The quantitative estimate of drug-likeness (QED) is 0.614. The van der Waals surface area contributed by atoms with Gasteiger partial charge in [-0.1, -0.05) is 24.3 Å². The van der Waals surface area contributed by atoms with Crippen molar-refractivity contribution in [2.24, 2.45) is 0 Å². The number of aryl methyl sites for hydroxylation is 2. The fourth-order valence-corrected chi connectivity index (χ4v) is 5.14. The molecule has 0 unspecified atom stereocenters. The van der Waals surface area contributed by atoms with Crippen molar-refractivity contribution in [3.63, 3.8) is 0 Å². The Bertz CT molecular complexity index is 1140. The molecule has 31 heavy (non-hydrogen) atoms. The number of nitrogens with one attached hydrogen (secondary N) is 1. The van der Waals surface area contributed by atoms with E-state index in [-0.39, 0.29) is 11.8 Å². The smallest absolute Gasteiger partial charge is 0.257 e. The van der Waals surface area contributed by atoms with Gasteiger partial charge in [-0.05, 0) is 67.0 Å². The zero-order chi connectivity index (χ0) is 21.2. The number of amides is 2. The van der Waals surface area contributed by atoms with Gasteiger partial charge in [0.1, 0.15) is 0 Å². The van der Waals surface area contributed by atoms with Crippen molar-refractivity contribution >= 4 is 28.3 Å². The summed E-state index contributed by atoms with van der Waals surface area (Å²) in [6.45, 7) is 1.35. The Morgan fingerprint density at radius 2 is 1.90 bits per heavy atom. The van der Waals surface area contributed by atoms with E-state index in [9.17, 15) is 9.59 Å². The first kappa shape index (κ1) is 19.9. The van der Waals surface area contributed by atoms with Crippen LogP contribution in [0.3, 0.4) is 0 Å². The van der Waals surface area contributed by atoms with E-state index < -0.39 is 0 Å².